The fraction of sp³-hybridized carbons (Fsp3) is 0.727. The highest BCUT2D eigenvalue weighted by molar-refractivity contribution is 5.70. The zero-order chi connectivity index (χ0) is 9.68. The Morgan fingerprint density at radius 3 is 2.62 bits per heavy atom. The number of carbonyl (C=O) groups is 1. The third-order valence-corrected chi connectivity index (χ3v) is 2.89. The first-order valence-corrected chi connectivity index (χ1v) is 5.07. The van der Waals surface area contributed by atoms with E-state index in [0.717, 1.165) is 6.42 Å². The highest BCUT2D eigenvalue weighted by Gasteiger charge is 2.23. The van der Waals surface area contributed by atoms with Gasteiger partial charge in [0.15, 0.2) is 0 Å². The monoisotopic (exact) mass is 182 g/mol. The van der Waals surface area contributed by atoms with Crippen LogP contribution in [0.5, 0.6) is 0 Å². The molecule has 1 atom stereocenters. The Morgan fingerprint density at radius 1 is 1.54 bits per heavy atom. The Labute approximate surface area is 79.6 Å². The van der Waals surface area contributed by atoms with Crippen LogP contribution in [0.1, 0.15) is 38.5 Å². The fourth-order valence-electron chi connectivity index (χ4n) is 2.15. The van der Waals surface area contributed by atoms with Gasteiger partial charge in [0.1, 0.15) is 0 Å². The summed E-state index contributed by atoms with van der Waals surface area (Å²) in [6.07, 6.45) is 8.19. The second kappa shape index (κ2) is 5.05. The van der Waals surface area contributed by atoms with E-state index in [2.05, 4.69) is 6.58 Å². The molecule has 1 aliphatic carbocycles. The number of rotatable bonds is 5. The molecular weight excluding hydrogens is 164 g/mol. The van der Waals surface area contributed by atoms with E-state index in [1.54, 1.807) is 6.08 Å². The van der Waals surface area contributed by atoms with Gasteiger partial charge in [-0.1, -0.05) is 31.8 Å². The summed E-state index contributed by atoms with van der Waals surface area (Å²) in [6, 6.07) is 0. The molecule has 1 aliphatic rings. The van der Waals surface area contributed by atoms with Gasteiger partial charge in [-0.2, -0.15) is 0 Å². The second-order valence-electron chi connectivity index (χ2n) is 3.95. The Balaban J connectivity index is 2.36. The minimum atomic E-state index is -0.660. The molecule has 0 unspecified atom stereocenters. The summed E-state index contributed by atoms with van der Waals surface area (Å²) in [7, 11) is 0. The lowest BCUT2D eigenvalue weighted by atomic mass is 9.91. The molecule has 2 heteroatoms. The second-order valence-corrected chi connectivity index (χ2v) is 3.95. The number of hydrogen-bond acceptors (Lipinski definition) is 1. The van der Waals surface area contributed by atoms with Crippen molar-refractivity contribution in [3.05, 3.63) is 12.7 Å². The normalized spacial score (nSPS) is 20.0. The first-order valence-electron chi connectivity index (χ1n) is 5.07. The molecule has 0 aliphatic heterocycles. The third kappa shape index (κ3) is 3.21. The van der Waals surface area contributed by atoms with Crippen LogP contribution in [0.3, 0.4) is 0 Å². The lowest BCUT2D eigenvalue weighted by Crippen LogP contribution is -2.16. The van der Waals surface area contributed by atoms with Gasteiger partial charge in [0.2, 0.25) is 0 Å². The zero-order valence-electron chi connectivity index (χ0n) is 8.04. The van der Waals surface area contributed by atoms with E-state index < -0.39 is 5.97 Å². The molecule has 0 aromatic rings. The molecule has 2 nitrogen and oxygen atoms in total. The van der Waals surface area contributed by atoms with E-state index in [4.69, 9.17) is 5.11 Å². The van der Waals surface area contributed by atoms with E-state index in [9.17, 15) is 4.79 Å². The summed E-state index contributed by atoms with van der Waals surface area (Å²) >= 11 is 0. The van der Waals surface area contributed by atoms with E-state index in [1.807, 2.05) is 0 Å². The van der Waals surface area contributed by atoms with Crippen molar-refractivity contribution < 1.29 is 9.90 Å². The molecule has 1 rings (SSSR count). The first-order chi connectivity index (χ1) is 6.24. The summed E-state index contributed by atoms with van der Waals surface area (Å²) in [4.78, 5) is 10.8. The molecule has 74 valence electrons. The smallest absolute Gasteiger partial charge is 0.306 e. The number of hydrogen-bond donors (Lipinski definition) is 1. The van der Waals surface area contributed by atoms with E-state index >= 15 is 0 Å². The predicted octanol–water partition coefficient (Wildman–Crippen LogP) is 2.84. The summed E-state index contributed by atoms with van der Waals surface area (Å²) in [5, 5.41) is 8.92. The van der Waals surface area contributed by atoms with Crippen molar-refractivity contribution in [1.29, 1.82) is 0 Å². The Hall–Kier alpha value is -0.790. The summed E-state index contributed by atoms with van der Waals surface area (Å²) in [5.41, 5.74) is 0. The van der Waals surface area contributed by atoms with Gasteiger partial charge in [0.05, 0.1) is 5.92 Å². The first kappa shape index (κ1) is 10.3. The van der Waals surface area contributed by atoms with Crippen LogP contribution in [0.4, 0.5) is 0 Å². The van der Waals surface area contributed by atoms with Crippen LogP contribution in [0.2, 0.25) is 0 Å². The molecule has 1 fully saturated rings. The van der Waals surface area contributed by atoms with Crippen LogP contribution in [0, 0.1) is 11.8 Å². The highest BCUT2D eigenvalue weighted by Crippen LogP contribution is 2.31. The number of carboxylic acid groups (broad SMARTS) is 1. The van der Waals surface area contributed by atoms with Gasteiger partial charge in [0, 0.05) is 0 Å². The largest absolute Gasteiger partial charge is 0.481 e. The number of aliphatic carboxylic acids is 1. The predicted molar refractivity (Wildman–Crippen MR) is 52.5 cm³/mol. The van der Waals surface area contributed by atoms with Crippen molar-refractivity contribution in [2.75, 3.05) is 0 Å². The minimum Gasteiger partial charge on any atom is -0.481 e. The molecule has 0 spiro atoms. The molecule has 0 aromatic carbocycles. The number of allylic oxidation sites excluding steroid dienone is 1. The van der Waals surface area contributed by atoms with Crippen LogP contribution in [0.25, 0.3) is 0 Å². The molecule has 0 amide bonds. The summed E-state index contributed by atoms with van der Waals surface area (Å²) < 4.78 is 0. The minimum absolute atomic E-state index is 0.194. The number of carboxylic acids is 1. The topological polar surface area (TPSA) is 37.3 Å². The lowest BCUT2D eigenvalue weighted by Gasteiger charge is -2.14. The van der Waals surface area contributed by atoms with Crippen molar-refractivity contribution in [1.82, 2.24) is 0 Å². The van der Waals surface area contributed by atoms with Crippen molar-refractivity contribution in [2.45, 2.75) is 38.5 Å². The fourth-order valence-corrected chi connectivity index (χ4v) is 2.15. The molecule has 13 heavy (non-hydrogen) atoms. The van der Waals surface area contributed by atoms with E-state index in [0.29, 0.717) is 12.3 Å². The van der Waals surface area contributed by atoms with Gasteiger partial charge in [-0.05, 0) is 18.8 Å². The molecule has 1 N–H and O–H groups in total. The van der Waals surface area contributed by atoms with Crippen LogP contribution in [-0.2, 0) is 4.79 Å². The van der Waals surface area contributed by atoms with Gasteiger partial charge >= 0.3 is 5.97 Å². The lowest BCUT2D eigenvalue weighted by molar-refractivity contribution is -0.142. The van der Waals surface area contributed by atoms with Crippen LogP contribution >= 0.6 is 0 Å². The van der Waals surface area contributed by atoms with Gasteiger partial charge in [-0.3, -0.25) is 4.79 Å². The summed E-state index contributed by atoms with van der Waals surface area (Å²) in [5.74, 6) is -0.201. The van der Waals surface area contributed by atoms with Crippen molar-refractivity contribution in [2.24, 2.45) is 11.8 Å². The Kier molecular flexibility index (Phi) is 4.00. The quantitative estimate of drug-likeness (QED) is 0.664. The molecule has 0 radical (unpaired) electrons. The van der Waals surface area contributed by atoms with Gasteiger partial charge in [-0.15, -0.1) is 6.58 Å². The molecule has 0 saturated heterocycles. The maximum absolute atomic E-state index is 10.8. The Bertz CT molecular complexity index is 181. The van der Waals surface area contributed by atoms with Crippen LogP contribution in [-0.4, -0.2) is 11.1 Å². The molecule has 0 heterocycles. The van der Waals surface area contributed by atoms with Crippen molar-refractivity contribution >= 4 is 5.97 Å². The molecule has 0 bridgehead atoms. The zero-order valence-corrected chi connectivity index (χ0v) is 8.04. The van der Waals surface area contributed by atoms with E-state index in [1.165, 1.54) is 25.7 Å². The maximum Gasteiger partial charge on any atom is 0.306 e. The molecular formula is C11H18O2. The van der Waals surface area contributed by atoms with Crippen molar-refractivity contribution in [3.63, 3.8) is 0 Å². The van der Waals surface area contributed by atoms with Gasteiger partial charge in [-0.25, -0.2) is 0 Å². The third-order valence-electron chi connectivity index (χ3n) is 2.89. The Morgan fingerprint density at radius 2 is 2.15 bits per heavy atom. The summed E-state index contributed by atoms with van der Waals surface area (Å²) in [6.45, 7) is 3.59. The van der Waals surface area contributed by atoms with Crippen LogP contribution in [0.15, 0.2) is 12.7 Å². The van der Waals surface area contributed by atoms with Gasteiger partial charge in [0.25, 0.3) is 0 Å². The van der Waals surface area contributed by atoms with Gasteiger partial charge < -0.3 is 5.11 Å². The standard InChI is InChI=1S/C11H18O2/c1-2-5-10(11(12)13)8-9-6-3-4-7-9/h2,9-10H,1,3-8H2,(H,12,13)/t10-/m1/s1. The van der Waals surface area contributed by atoms with E-state index in [-0.39, 0.29) is 5.92 Å². The average molecular weight is 182 g/mol. The SMILES string of the molecule is C=CC[C@H](CC1CCCC1)C(=O)O. The van der Waals surface area contributed by atoms with Crippen molar-refractivity contribution in [3.8, 4) is 0 Å². The molecule has 0 aromatic heterocycles. The highest BCUT2D eigenvalue weighted by atomic mass is 16.4. The molecule has 1 saturated carbocycles. The van der Waals surface area contributed by atoms with Crippen LogP contribution < -0.4 is 0 Å². The maximum atomic E-state index is 10.8. The average Bonchev–Trinajstić information content (AvgIpc) is 2.56.